The Bertz CT molecular complexity index is 721. The third kappa shape index (κ3) is 3.84. The van der Waals surface area contributed by atoms with Crippen LogP contribution in [-0.2, 0) is 16.6 Å². The fraction of sp³-hybridized carbons (Fsp3) is 0.333. The molecule has 0 aliphatic heterocycles. The van der Waals surface area contributed by atoms with Crippen LogP contribution < -0.4 is 10.0 Å². The molecule has 0 aliphatic carbocycles. The molecule has 1 aromatic carbocycles. The lowest BCUT2D eigenvalue weighted by Crippen LogP contribution is -2.14. The van der Waals surface area contributed by atoms with Gasteiger partial charge >= 0.3 is 0 Å². The zero-order chi connectivity index (χ0) is 15.5. The fourth-order valence-corrected chi connectivity index (χ4v) is 4.75. The molecule has 0 radical (unpaired) electrons. The highest BCUT2D eigenvalue weighted by atomic mass is 32.2. The summed E-state index contributed by atoms with van der Waals surface area (Å²) >= 11 is 1.51. The van der Waals surface area contributed by atoms with Gasteiger partial charge < -0.3 is 5.32 Å². The molecule has 0 saturated heterocycles. The van der Waals surface area contributed by atoms with Gasteiger partial charge in [0.15, 0.2) is 0 Å². The van der Waals surface area contributed by atoms with Gasteiger partial charge in [-0.15, -0.1) is 11.3 Å². The molecule has 0 aliphatic rings. The van der Waals surface area contributed by atoms with E-state index >= 15 is 0 Å². The number of nitrogens with one attached hydrogen (secondary N) is 2. The minimum Gasteiger partial charge on any atom is -0.312 e. The summed E-state index contributed by atoms with van der Waals surface area (Å²) in [6, 6.07) is 9.12. The Morgan fingerprint density at radius 2 is 1.90 bits per heavy atom. The van der Waals surface area contributed by atoms with E-state index < -0.39 is 10.0 Å². The van der Waals surface area contributed by atoms with E-state index in [9.17, 15) is 8.42 Å². The molecule has 0 amide bonds. The normalized spacial score (nSPS) is 11.6. The standard InChI is InChI=1S/C15H20N2O2S2/c1-4-16-10-13-9-15(12(3)20-13)21(18,19)17-14-8-6-5-7-11(14)2/h5-9,16-17H,4,10H2,1-3H3. The van der Waals surface area contributed by atoms with Crippen molar-refractivity contribution in [2.45, 2.75) is 32.2 Å². The quantitative estimate of drug-likeness (QED) is 0.857. The molecule has 2 aromatic rings. The highest BCUT2D eigenvalue weighted by Gasteiger charge is 2.20. The molecular weight excluding hydrogens is 304 g/mol. The van der Waals surface area contributed by atoms with Crippen molar-refractivity contribution in [3.63, 3.8) is 0 Å². The van der Waals surface area contributed by atoms with Crippen LogP contribution in [0.2, 0.25) is 0 Å². The van der Waals surface area contributed by atoms with E-state index in [2.05, 4.69) is 10.0 Å². The number of aryl methyl sites for hydroxylation is 2. The van der Waals surface area contributed by atoms with Crippen molar-refractivity contribution < 1.29 is 8.42 Å². The minimum atomic E-state index is -3.54. The van der Waals surface area contributed by atoms with Crippen LogP contribution >= 0.6 is 11.3 Å². The first-order valence-corrected chi connectivity index (χ1v) is 9.12. The number of para-hydroxylation sites is 1. The van der Waals surface area contributed by atoms with Gasteiger partial charge in [0, 0.05) is 16.3 Å². The number of benzene rings is 1. The summed E-state index contributed by atoms with van der Waals surface area (Å²) in [6.45, 7) is 7.31. The Labute approximate surface area is 130 Å². The van der Waals surface area contributed by atoms with Crippen LogP contribution in [0.1, 0.15) is 22.2 Å². The van der Waals surface area contributed by atoms with E-state index in [1.54, 1.807) is 12.1 Å². The number of hydrogen-bond acceptors (Lipinski definition) is 4. The Morgan fingerprint density at radius 3 is 2.57 bits per heavy atom. The van der Waals surface area contributed by atoms with Crippen molar-refractivity contribution in [2.24, 2.45) is 0 Å². The predicted octanol–water partition coefficient (Wildman–Crippen LogP) is 3.28. The van der Waals surface area contributed by atoms with Gasteiger partial charge in [-0.2, -0.15) is 0 Å². The van der Waals surface area contributed by atoms with Gasteiger partial charge in [-0.1, -0.05) is 25.1 Å². The van der Waals surface area contributed by atoms with Gasteiger partial charge in [0.1, 0.15) is 4.90 Å². The maximum atomic E-state index is 12.5. The molecule has 0 fully saturated rings. The fourth-order valence-electron chi connectivity index (χ4n) is 2.01. The van der Waals surface area contributed by atoms with Crippen LogP contribution in [0.5, 0.6) is 0 Å². The third-order valence-corrected chi connectivity index (χ3v) is 5.82. The van der Waals surface area contributed by atoms with Crippen LogP contribution in [0.25, 0.3) is 0 Å². The monoisotopic (exact) mass is 324 g/mol. The molecule has 1 aromatic heterocycles. The zero-order valence-electron chi connectivity index (χ0n) is 12.4. The second-order valence-electron chi connectivity index (χ2n) is 4.83. The molecule has 0 spiro atoms. The number of anilines is 1. The van der Waals surface area contributed by atoms with E-state index in [-0.39, 0.29) is 0 Å². The van der Waals surface area contributed by atoms with Gasteiger partial charge in [0.2, 0.25) is 0 Å². The van der Waals surface area contributed by atoms with Gasteiger partial charge in [0.25, 0.3) is 10.0 Å². The first-order valence-electron chi connectivity index (χ1n) is 6.82. The minimum absolute atomic E-state index is 0.364. The Hall–Kier alpha value is -1.37. The van der Waals surface area contributed by atoms with E-state index in [1.807, 2.05) is 39.0 Å². The predicted molar refractivity (Wildman–Crippen MR) is 88.4 cm³/mol. The maximum absolute atomic E-state index is 12.5. The molecular formula is C15H20N2O2S2. The molecule has 4 nitrogen and oxygen atoms in total. The molecule has 0 atom stereocenters. The van der Waals surface area contributed by atoms with E-state index in [0.717, 1.165) is 21.9 Å². The molecule has 6 heteroatoms. The molecule has 0 bridgehead atoms. The van der Waals surface area contributed by atoms with Crippen molar-refractivity contribution in [2.75, 3.05) is 11.3 Å². The molecule has 0 saturated carbocycles. The summed E-state index contributed by atoms with van der Waals surface area (Å²) in [7, 11) is -3.54. The van der Waals surface area contributed by atoms with Crippen molar-refractivity contribution >= 4 is 27.0 Å². The van der Waals surface area contributed by atoms with E-state index in [4.69, 9.17) is 0 Å². The molecule has 1 heterocycles. The molecule has 114 valence electrons. The van der Waals surface area contributed by atoms with Gasteiger partial charge in [-0.3, -0.25) is 4.72 Å². The smallest absolute Gasteiger partial charge is 0.263 e. The zero-order valence-corrected chi connectivity index (χ0v) is 14.1. The average Bonchev–Trinajstić information content (AvgIpc) is 2.81. The topological polar surface area (TPSA) is 58.2 Å². The highest BCUT2D eigenvalue weighted by Crippen LogP contribution is 2.28. The van der Waals surface area contributed by atoms with E-state index in [0.29, 0.717) is 17.1 Å². The lowest BCUT2D eigenvalue weighted by atomic mass is 10.2. The van der Waals surface area contributed by atoms with Crippen LogP contribution in [0, 0.1) is 13.8 Å². The summed E-state index contributed by atoms with van der Waals surface area (Å²) < 4.78 is 27.7. The SMILES string of the molecule is CCNCc1cc(S(=O)(=O)Nc2ccccc2C)c(C)s1. The van der Waals surface area contributed by atoms with Crippen molar-refractivity contribution in [3.8, 4) is 0 Å². The number of hydrogen-bond donors (Lipinski definition) is 2. The summed E-state index contributed by atoms with van der Waals surface area (Å²) in [5, 5.41) is 3.21. The van der Waals surface area contributed by atoms with Crippen LogP contribution in [0.15, 0.2) is 35.2 Å². The van der Waals surface area contributed by atoms with Crippen LogP contribution in [0.4, 0.5) is 5.69 Å². The van der Waals surface area contributed by atoms with Crippen molar-refractivity contribution in [1.29, 1.82) is 0 Å². The first kappa shape index (κ1) is 16.0. The lowest BCUT2D eigenvalue weighted by Gasteiger charge is -2.09. The van der Waals surface area contributed by atoms with E-state index in [1.165, 1.54) is 11.3 Å². The Balaban J connectivity index is 2.27. The summed E-state index contributed by atoms with van der Waals surface area (Å²) in [5.41, 5.74) is 1.53. The average molecular weight is 324 g/mol. The highest BCUT2D eigenvalue weighted by molar-refractivity contribution is 7.93. The second-order valence-corrected chi connectivity index (χ2v) is 7.83. The lowest BCUT2D eigenvalue weighted by molar-refractivity contribution is 0.601. The van der Waals surface area contributed by atoms with Crippen molar-refractivity contribution in [3.05, 3.63) is 45.6 Å². The van der Waals surface area contributed by atoms with Crippen LogP contribution in [-0.4, -0.2) is 15.0 Å². The number of thiophene rings is 1. The second kappa shape index (κ2) is 6.60. The van der Waals surface area contributed by atoms with Gasteiger partial charge in [0.05, 0.1) is 5.69 Å². The Morgan fingerprint density at radius 1 is 1.19 bits per heavy atom. The molecule has 21 heavy (non-hydrogen) atoms. The summed E-state index contributed by atoms with van der Waals surface area (Å²) in [4.78, 5) is 2.20. The maximum Gasteiger partial charge on any atom is 0.263 e. The van der Waals surface area contributed by atoms with Crippen molar-refractivity contribution in [1.82, 2.24) is 5.32 Å². The molecule has 0 unspecified atom stereocenters. The number of rotatable bonds is 6. The largest absolute Gasteiger partial charge is 0.312 e. The van der Waals surface area contributed by atoms with Gasteiger partial charge in [-0.05, 0) is 38.1 Å². The van der Waals surface area contributed by atoms with Gasteiger partial charge in [-0.25, -0.2) is 8.42 Å². The van der Waals surface area contributed by atoms with Crippen LogP contribution in [0.3, 0.4) is 0 Å². The first-order chi connectivity index (χ1) is 9.94. The third-order valence-electron chi connectivity index (χ3n) is 3.15. The molecule has 2 rings (SSSR count). The summed E-state index contributed by atoms with van der Waals surface area (Å²) in [5.74, 6) is 0. The summed E-state index contributed by atoms with van der Waals surface area (Å²) in [6.07, 6.45) is 0. The Kier molecular flexibility index (Phi) is 5.03. The molecule has 2 N–H and O–H groups in total. The number of sulfonamides is 1.